The van der Waals surface area contributed by atoms with Crippen molar-refractivity contribution in [3.63, 3.8) is 0 Å². The highest BCUT2D eigenvalue weighted by Gasteiger charge is 2.18. The van der Waals surface area contributed by atoms with Crippen molar-refractivity contribution in [3.05, 3.63) is 46.4 Å². The molecule has 4 rings (SSSR count). The molecule has 0 amide bonds. The fraction of sp³-hybridized carbons (Fsp3) is 0.294. The summed E-state index contributed by atoms with van der Waals surface area (Å²) in [6.45, 7) is 4.05. The molecule has 0 N–H and O–H groups in total. The molecule has 0 bridgehead atoms. The van der Waals surface area contributed by atoms with Gasteiger partial charge in [0, 0.05) is 47.6 Å². The lowest BCUT2D eigenvalue weighted by atomic mass is 10.2. The Kier molecular flexibility index (Phi) is 4.18. The fourth-order valence-electron chi connectivity index (χ4n) is 2.99. The highest BCUT2D eigenvalue weighted by atomic mass is 79.9. The second-order valence-corrected chi connectivity index (χ2v) is 7.35. The van der Waals surface area contributed by atoms with E-state index in [0.717, 1.165) is 53.5 Å². The predicted octanol–water partition coefficient (Wildman–Crippen LogP) is 4.17. The molecule has 6 heteroatoms. The maximum Gasteiger partial charge on any atom is 0.185 e. The van der Waals surface area contributed by atoms with E-state index in [2.05, 4.69) is 48.9 Å². The van der Waals surface area contributed by atoms with Crippen molar-refractivity contribution < 1.29 is 0 Å². The van der Waals surface area contributed by atoms with Crippen molar-refractivity contribution in [2.24, 2.45) is 0 Å². The number of nitrogens with zero attached hydrogens (tertiary/aromatic N) is 4. The summed E-state index contributed by atoms with van der Waals surface area (Å²) in [6, 6.07) is 10.5. The average molecular weight is 389 g/mol. The molecule has 1 aliphatic heterocycles. The molecule has 0 unspecified atom stereocenters. The highest BCUT2D eigenvalue weighted by molar-refractivity contribution is 9.10. The lowest BCUT2D eigenvalue weighted by Gasteiger charge is -2.22. The van der Waals surface area contributed by atoms with Crippen LogP contribution in [0.5, 0.6) is 0 Å². The van der Waals surface area contributed by atoms with E-state index in [0.29, 0.717) is 0 Å². The molecule has 3 aromatic rings. The molecule has 1 aliphatic rings. The topological polar surface area (TPSA) is 32.3 Å². The molecule has 118 valence electrons. The van der Waals surface area contributed by atoms with Crippen LogP contribution in [0.4, 0.5) is 10.9 Å². The van der Waals surface area contributed by atoms with Gasteiger partial charge in [-0.2, -0.15) is 0 Å². The van der Waals surface area contributed by atoms with E-state index < -0.39 is 0 Å². The molecule has 2 aromatic heterocycles. The van der Waals surface area contributed by atoms with E-state index in [1.165, 1.54) is 5.39 Å². The van der Waals surface area contributed by atoms with Crippen LogP contribution in [0.3, 0.4) is 0 Å². The van der Waals surface area contributed by atoms with E-state index >= 15 is 0 Å². The van der Waals surface area contributed by atoms with E-state index in [-0.39, 0.29) is 0 Å². The second kappa shape index (κ2) is 6.45. The largest absolute Gasteiger partial charge is 0.355 e. The van der Waals surface area contributed by atoms with Crippen LogP contribution in [0, 0.1) is 0 Å². The molecule has 0 atom stereocenters. The molecule has 0 saturated carbocycles. The summed E-state index contributed by atoms with van der Waals surface area (Å²) in [7, 11) is 0. The Morgan fingerprint density at radius 1 is 1.00 bits per heavy atom. The Labute approximate surface area is 147 Å². The third-order valence-electron chi connectivity index (χ3n) is 4.17. The number of halogens is 1. The van der Waals surface area contributed by atoms with Crippen LogP contribution in [0.1, 0.15) is 6.42 Å². The lowest BCUT2D eigenvalue weighted by Crippen LogP contribution is -2.31. The molecule has 1 aromatic carbocycles. The lowest BCUT2D eigenvalue weighted by molar-refractivity contribution is 0.798. The average Bonchev–Trinajstić information content (AvgIpc) is 3.00. The molecule has 23 heavy (non-hydrogen) atoms. The quantitative estimate of drug-likeness (QED) is 0.659. The van der Waals surface area contributed by atoms with E-state index in [1.54, 1.807) is 11.3 Å². The van der Waals surface area contributed by atoms with Crippen molar-refractivity contribution in [1.82, 2.24) is 9.97 Å². The second-order valence-electron chi connectivity index (χ2n) is 5.62. The van der Waals surface area contributed by atoms with Gasteiger partial charge in [-0.3, -0.25) is 0 Å². The van der Waals surface area contributed by atoms with Gasteiger partial charge in [0.15, 0.2) is 5.13 Å². The SMILES string of the molecule is Brc1cccc2ccc(N3CCCN(c4nccs4)CC3)nc12. The summed E-state index contributed by atoms with van der Waals surface area (Å²) in [5.74, 6) is 1.06. The van der Waals surface area contributed by atoms with Crippen molar-refractivity contribution in [3.8, 4) is 0 Å². The summed E-state index contributed by atoms with van der Waals surface area (Å²) in [5, 5.41) is 4.34. The highest BCUT2D eigenvalue weighted by Crippen LogP contribution is 2.26. The Morgan fingerprint density at radius 2 is 1.87 bits per heavy atom. The van der Waals surface area contributed by atoms with Gasteiger partial charge in [-0.15, -0.1) is 11.3 Å². The van der Waals surface area contributed by atoms with Gasteiger partial charge < -0.3 is 9.80 Å². The predicted molar refractivity (Wildman–Crippen MR) is 101 cm³/mol. The normalized spacial score (nSPS) is 15.9. The Bertz CT molecular complexity index is 805. The number of pyridine rings is 1. The minimum atomic E-state index is 0.975. The Balaban J connectivity index is 1.57. The van der Waals surface area contributed by atoms with Gasteiger partial charge >= 0.3 is 0 Å². The van der Waals surface area contributed by atoms with Gasteiger partial charge in [0.05, 0.1) is 5.52 Å². The minimum Gasteiger partial charge on any atom is -0.355 e. The van der Waals surface area contributed by atoms with Crippen LogP contribution in [0.2, 0.25) is 0 Å². The van der Waals surface area contributed by atoms with Gasteiger partial charge in [-0.1, -0.05) is 12.1 Å². The van der Waals surface area contributed by atoms with Gasteiger partial charge in [-0.05, 0) is 40.5 Å². The van der Waals surface area contributed by atoms with Crippen molar-refractivity contribution in [1.29, 1.82) is 0 Å². The van der Waals surface area contributed by atoms with Gasteiger partial charge in [0.2, 0.25) is 0 Å². The van der Waals surface area contributed by atoms with Gasteiger partial charge in [0.25, 0.3) is 0 Å². The standard InChI is InChI=1S/C17H17BrN4S/c18-14-4-1-3-13-5-6-15(20-16(13)14)21-8-2-9-22(11-10-21)17-19-7-12-23-17/h1,3-7,12H,2,8-11H2. The minimum absolute atomic E-state index is 0.975. The Morgan fingerprint density at radius 3 is 2.74 bits per heavy atom. The molecule has 3 heterocycles. The van der Waals surface area contributed by atoms with Crippen molar-refractivity contribution >= 4 is 49.1 Å². The monoisotopic (exact) mass is 388 g/mol. The smallest absolute Gasteiger partial charge is 0.185 e. The maximum atomic E-state index is 4.88. The van der Waals surface area contributed by atoms with Crippen molar-refractivity contribution in [2.75, 3.05) is 36.0 Å². The zero-order chi connectivity index (χ0) is 15.6. The summed E-state index contributed by atoms with van der Waals surface area (Å²) in [6.07, 6.45) is 3.00. The molecule has 1 saturated heterocycles. The summed E-state index contributed by atoms with van der Waals surface area (Å²) >= 11 is 5.32. The number of fused-ring (bicyclic) bond motifs is 1. The first kappa shape index (κ1) is 14.9. The summed E-state index contributed by atoms with van der Waals surface area (Å²) in [5.41, 5.74) is 1.03. The molecule has 1 fully saturated rings. The van der Waals surface area contributed by atoms with Crippen LogP contribution in [0.15, 0.2) is 46.4 Å². The van der Waals surface area contributed by atoms with E-state index in [1.807, 2.05) is 23.7 Å². The third-order valence-corrected chi connectivity index (χ3v) is 5.64. The number of hydrogen-bond donors (Lipinski definition) is 0. The van der Waals surface area contributed by atoms with Gasteiger partial charge in [-0.25, -0.2) is 9.97 Å². The van der Waals surface area contributed by atoms with Crippen LogP contribution in [0.25, 0.3) is 10.9 Å². The number of hydrogen-bond acceptors (Lipinski definition) is 5. The van der Waals surface area contributed by atoms with E-state index in [9.17, 15) is 0 Å². The molecule has 4 nitrogen and oxygen atoms in total. The Hall–Kier alpha value is -1.66. The number of rotatable bonds is 2. The fourth-order valence-corrected chi connectivity index (χ4v) is 4.15. The first-order valence-electron chi connectivity index (χ1n) is 7.76. The van der Waals surface area contributed by atoms with Crippen molar-refractivity contribution in [2.45, 2.75) is 6.42 Å². The summed E-state index contributed by atoms with van der Waals surface area (Å²) < 4.78 is 1.05. The first-order valence-corrected chi connectivity index (χ1v) is 9.43. The number of para-hydroxylation sites is 1. The number of benzene rings is 1. The van der Waals surface area contributed by atoms with E-state index in [4.69, 9.17) is 4.98 Å². The van der Waals surface area contributed by atoms with Crippen LogP contribution in [-0.2, 0) is 0 Å². The molecule has 0 radical (unpaired) electrons. The number of thiazole rings is 1. The molecule has 0 spiro atoms. The first-order chi connectivity index (χ1) is 11.3. The maximum absolute atomic E-state index is 4.88. The number of aromatic nitrogens is 2. The van der Waals surface area contributed by atoms with Crippen LogP contribution >= 0.6 is 27.3 Å². The summed E-state index contributed by atoms with van der Waals surface area (Å²) in [4.78, 5) is 14.1. The molecular formula is C17H17BrN4S. The zero-order valence-corrected chi connectivity index (χ0v) is 15.1. The van der Waals surface area contributed by atoms with Gasteiger partial charge in [0.1, 0.15) is 5.82 Å². The number of anilines is 2. The van der Waals surface area contributed by atoms with Crippen LogP contribution in [-0.4, -0.2) is 36.1 Å². The third kappa shape index (κ3) is 3.05. The van der Waals surface area contributed by atoms with Crippen LogP contribution < -0.4 is 9.80 Å². The molecule has 0 aliphatic carbocycles. The zero-order valence-electron chi connectivity index (χ0n) is 12.7. The molecular weight excluding hydrogens is 372 g/mol.